The summed E-state index contributed by atoms with van der Waals surface area (Å²) < 4.78 is 35.8. The van der Waals surface area contributed by atoms with E-state index < -0.39 is 12.6 Å². The molecule has 4 heteroatoms. The lowest BCUT2D eigenvalue weighted by Crippen LogP contribution is -2.30. The molecule has 0 aliphatic rings. The van der Waals surface area contributed by atoms with Gasteiger partial charge in [-0.25, -0.2) is 0 Å². The molecule has 0 spiro atoms. The Balaban J connectivity index is 3.75. The normalized spacial score (nSPS) is 14.6. The van der Waals surface area contributed by atoms with Crippen LogP contribution in [0.1, 0.15) is 46.5 Å². The Morgan fingerprint density at radius 2 is 1.80 bits per heavy atom. The molecule has 1 nitrogen and oxygen atoms in total. The average Bonchev–Trinajstić information content (AvgIpc) is 2.00. The predicted octanol–water partition coefficient (Wildman–Crippen LogP) is 3.74. The second-order valence-electron chi connectivity index (χ2n) is 4.39. The zero-order chi connectivity index (χ0) is 11.9. The Hall–Kier alpha value is -0.250. The second-order valence-corrected chi connectivity index (χ2v) is 4.39. The van der Waals surface area contributed by atoms with Crippen molar-refractivity contribution in [3.05, 3.63) is 0 Å². The van der Waals surface area contributed by atoms with Gasteiger partial charge >= 0.3 is 6.18 Å². The highest BCUT2D eigenvalue weighted by molar-refractivity contribution is 4.68. The van der Waals surface area contributed by atoms with E-state index in [1.165, 1.54) is 0 Å². The van der Waals surface area contributed by atoms with E-state index in [0.717, 1.165) is 13.0 Å². The number of halogens is 3. The highest BCUT2D eigenvalue weighted by Crippen LogP contribution is 2.23. The molecule has 0 aromatic heterocycles. The van der Waals surface area contributed by atoms with Crippen LogP contribution in [-0.4, -0.2) is 18.8 Å². The maximum absolute atomic E-state index is 11.9. The lowest BCUT2D eigenvalue weighted by Gasteiger charge is -2.20. The quantitative estimate of drug-likeness (QED) is 0.696. The van der Waals surface area contributed by atoms with Gasteiger partial charge < -0.3 is 5.32 Å². The van der Waals surface area contributed by atoms with Crippen molar-refractivity contribution in [1.29, 1.82) is 0 Å². The summed E-state index contributed by atoms with van der Waals surface area (Å²) in [5.74, 6) is 0.528. The summed E-state index contributed by atoms with van der Waals surface area (Å²) in [6.07, 6.45) is -2.87. The van der Waals surface area contributed by atoms with Crippen LogP contribution in [0.5, 0.6) is 0 Å². The van der Waals surface area contributed by atoms with Crippen molar-refractivity contribution < 1.29 is 13.2 Å². The molecule has 0 saturated carbocycles. The number of hydrogen-bond acceptors (Lipinski definition) is 1. The predicted molar refractivity (Wildman–Crippen MR) is 56.8 cm³/mol. The highest BCUT2D eigenvalue weighted by Gasteiger charge is 2.26. The van der Waals surface area contributed by atoms with Gasteiger partial charge in [-0.3, -0.25) is 0 Å². The standard InChI is InChI=1S/C11H22F3N/c1-4-15-10(8-9(2)3)6-5-7-11(12,13)14/h9-10,15H,4-8H2,1-3H3. The summed E-state index contributed by atoms with van der Waals surface area (Å²) >= 11 is 0. The maximum Gasteiger partial charge on any atom is 0.389 e. The van der Waals surface area contributed by atoms with Crippen LogP contribution in [0.15, 0.2) is 0 Å². The number of nitrogens with one attached hydrogen (secondary N) is 1. The van der Waals surface area contributed by atoms with E-state index in [2.05, 4.69) is 19.2 Å². The summed E-state index contributed by atoms with van der Waals surface area (Å²) in [4.78, 5) is 0. The Morgan fingerprint density at radius 1 is 1.20 bits per heavy atom. The third kappa shape index (κ3) is 10.0. The van der Waals surface area contributed by atoms with Crippen molar-refractivity contribution in [1.82, 2.24) is 5.32 Å². The number of rotatable bonds is 7. The van der Waals surface area contributed by atoms with Crippen LogP contribution in [0.3, 0.4) is 0 Å². The van der Waals surface area contributed by atoms with Crippen LogP contribution in [0.4, 0.5) is 13.2 Å². The summed E-state index contributed by atoms with van der Waals surface area (Å²) in [5.41, 5.74) is 0. The monoisotopic (exact) mass is 225 g/mol. The lowest BCUT2D eigenvalue weighted by atomic mass is 9.99. The molecule has 0 aromatic rings. The first-order chi connectivity index (χ1) is 6.85. The third-order valence-corrected chi connectivity index (χ3v) is 2.26. The Kier molecular flexibility index (Phi) is 6.98. The van der Waals surface area contributed by atoms with Crippen molar-refractivity contribution in [3.63, 3.8) is 0 Å². The molecule has 0 aliphatic heterocycles. The van der Waals surface area contributed by atoms with Gasteiger partial charge in [0, 0.05) is 12.5 Å². The van der Waals surface area contributed by atoms with E-state index in [1.807, 2.05) is 6.92 Å². The maximum atomic E-state index is 11.9. The molecular weight excluding hydrogens is 203 g/mol. The Morgan fingerprint density at radius 3 is 2.20 bits per heavy atom. The summed E-state index contributed by atoms with van der Waals surface area (Å²) in [5, 5.41) is 3.23. The molecule has 0 radical (unpaired) electrons. The van der Waals surface area contributed by atoms with Crippen LogP contribution in [-0.2, 0) is 0 Å². The minimum Gasteiger partial charge on any atom is -0.314 e. The van der Waals surface area contributed by atoms with Crippen LogP contribution in [0, 0.1) is 5.92 Å². The molecule has 92 valence electrons. The largest absolute Gasteiger partial charge is 0.389 e. The zero-order valence-corrected chi connectivity index (χ0v) is 9.82. The highest BCUT2D eigenvalue weighted by atomic mass is 19.4. The molecule has 0 bridgehead atoms. The number of alkyl halides is 3. The fraction of sp³-hybridized carbons (Fsp3) is 1.00. The average molecular weight is 225 g/mol. The van der Waals surface area contributed by atoms with Crippen LogP contribution >= 0.6 is 0 Å². The Bertz CT molecular complexity index is 154. The van der Waals surface area contributed by atoms with Crippen LogP contribution < -0.4 is 5.32 Å². The zero-order valence-electron chi connectivity index (χ0n) is 9.82. The molecule has 0 aromatic carbocycles. The second kappa shape index (κ2) is 7.09. The van der Waals surface area contributed by atoms with Gasteiger partial charge in [0.25, 0.3) is 0 Å². The van der Waals surface area contributed by atoms with Crippen molar-refractivity contribution >= 4 is 0 Å². The lowest BCUT2D eigenvalue weighted by molar-refractivity contribution is -0.135. The topological polar surface area (TPSA) is 12.0 Å². The van der Waals surface area contributed by atoms with Crippen molar-refractivity contribution in [2.75, 3.05) is 6.54 Å². The molecule has 0 amide bonds. The first-order valence-electron chi connectivity index (χ1n) is 5.65. The van der Waals surface area contributed by atoms with Gasteiger partial charge in [-0.05, 0) is 31.7 Å². The smallest absolute Gasteiger partial charge is 0.314 e. The van der Waals surface area contributed by atoms with Crippen molar-refractivity contribution in [2.24, 2.45) is 5.92 Å². The first-order valence-corrected chi connectivity index (χ1v) is 5.65. The summed E-state index contributed by atoms with van der Waals surface area (Å²) in [6.45, 7) is 6.99. The van der Waals surface area contributed by atoms with Gasteiger partial charge in [-0.1, -0.05) is 20.8 Å². The third-order valence-electron chi connectivity index (χ3n) is 2.26. The van der Waals surface area contributed by atoms with Crippen molar-refractivity contribution in [3.8, 4) is 0 Å². The molecular formula is C11H22F3N. The molecule has 1 unspecified atom stereocenters. The summed E-state index contributed by atoms with van der Waals surface area (Å²) in [7, 11) is 0. The molecule has 0 heterocycles. The van der Waals surface area contributed by atoms with E-state index in [1.54, 1.807) is 0 Å². The minimum absolute atomic E-state index is 0.230. The minimum atomic E-state index is -4.01. The van der Waals surface area contributed by atoms with Gasteiger partial charge in [0.2, 0.25) is 0 Å². The van der Waals surface area contributed by atoms with Gasteiger partial charge in [-0.15, -0.1) is 0 Å². The van der Waals surface area contributed by atoms with E-state index in [4.69, 9.17) is 0 Å². The van der Waals surface area contributed by atoms with Crippen LogP contribution in [0.25, 0.3) is 0 Å². The SMILES string of the molecule is CCNC(CCCC(F)(F)F)CC(C)C. The fourth-order valence-electron chi connectivity index (χ4n) is 1.71. The van der Waals surface area contributed by atoms with Gasteiger partial charge in [0.15, 0.2) is 0 Å². The molecule has 15 heavy (non-hydrogen) atoms. The molecule has 0 aliphatic carbocycles. The van der Waals surface area contributed by atoms with E-state index in [9.17, 15) is 13.2 Å². The Labute approximate surface area is 90.4 Å². The summed E-state index contributed by atoms with van der Waals surface area (Å²) in [6, 6.07) is 0.234. The van der Waals surface area contributed by atoms with Gasteiger partial charge in [-0.2, -0.15) is 13.2 Å². The molecule has 1 atom stereocenters. The molecule has 0 rings (SSSR count). The molecule has 1 N–H and O–H groups in total. The molecule has 0 fully saturated rings. The van der Waals surface area contributed by atoms with E-state index in [0.29, 0.717) is 12.3 Å². The van der Waals surface area contributed by atoms with Crippen molar-refractivity contribution in [2.45, 2.75) is 58.7 Å². The number of hydrogen-bond donors (Lipinski definition) is 1. The van der Waals surface area contributed by atoms with E-state index in [-0.39, 0.29) is 12.5 Å². The first kappa shape index (κ1) is 14.8. The fourth-order valence-corrected chi connectivity index (χ4v) is 1.71. The van der Waals surface area contributed by atoms with E-state index >= 15 is 0 Å². The van der Waals surface area contributed by atoms with Crippen LogP contribution in [0.2, 0.25) is 0 Å². The van der Waals surface area contributed by atoms with Gasteiger partial charge in [0.1, 0.15) is 0 Å². The van der Waals surface area contributed by atoms with Gasteiger partial charge in [0.05, 0.1) is 0 Å². The molecule has 0 saturated heterocycles.